The number of furan rings is 1. The standard InChI is InChI=1S/C19H14O3/c20-19(21)14-7-4-8-17-18(14)15-11-13(9-10-16(15)22-17)12-5-2-1-3-6-12/h1-11,19-21H. The smallest absolute Gasteiger partial charge is 0.179 e. The Bertz CT molecular complexity index is 952. The zero-order valence-corrected chi connectivity index (χ0v) is 11.7. The monoisotopic (exact) mass is 290 g/mol. The van der Waals surface area contributed by atoms with Gasteiger partial charge in [-0.2, -0.15) is 0 Å². The molecule has 108 valence electrons. The van der Waals surface area contributed by atoms with E-state index in [1.54, 1.807) is 12.1 Å². The Morgan fingerprint density at radius 1 is 0.727 bits per heavy atom. The topological polar surface area (TPSA) is 53.6 Å². The first kappa shape index (κ1) is 13.1. The van der Waals surface area contributed by atoms with Crippen molar-refractivity contribution in [1.29, 1.82) is 0 Å². The molecule has 22 heavy (non-hydrogen) atoms. The first-order chi connectivity index (χ1) is 10.7. The van der Waals surface area contributed by atoms with E-state index in [4.69, 9.17) is 4.42 Å². The Balaban J connectivity index is 2.04. The van der Waals surface area contributed by atoms with Crippen LogP contribution in [0.5, 0.6) is 0 Å². The van der Waals surface area contributed by atoms with E-state index in [0.717, 1.165) is 27.5 Å². The fraction of sp³-hybridized carbons (Fsp3) is 0.0526. The van der Waals surface area contributed by atoms with Crippen LogP contribution in [0.4, 0.5) is 0 Å². The molecular weight excluding hydrogens is 276 g/mol. The molecule has 3 aromatic carbocycles. The number of aliphatic hydroxyl groups is 2. The maximum atomic E-state index is 9.60. The summed E-state index contributed by atoms with van der Waals surface area (Å²) >= 11 is 0. The summed E-state index contributed by atoms with van der Waals surface area (Å²) in [6.45, 7) is 0. The van der Waals surface area contributed by atoms with Crippen LogP contribution in [0.15, 0.2) is 71.1 Å². The molecule has 0 saturated heterocycles. The first-order valence-corrected chi connectivity index (χ1v) is 7.11. The van der Waals surface area contributed by atoms with Gasteiger partial charge in [-0.15, -0.1) is 0 Å². The summed E-state index contributed by atoms with van der Waals surface area (Å²) in [5, 5.41) is 20.8. The van der Waals surface area contributed by atoms with Crippen LogP contribution in [0.1, 0.15) is 11.9 Å². The second-order valence-corrected chi connectivity index (χ2v) is 5.27. The zero-order chi connectivity index (χ0) is 15.1. The van der Waals surface area contributed by atoms with Gasteiger partial charge in [0.25, 0.3) is 0 Å². The Kier molecular flexibility index (Phi) is 2.96. The highest BCUT2D eigenvalue weighted by atomic mass is 16.5. The van der Waals surface area contributed by atoms with Gasteiger partial charge in [-0.3, -0.25) is 0 Å². The summed E-state index contributed by atoms with van der Waals surface area (Å²) in [7, 11) is 0. The van der Waals surface area contributed by atoms with Gasteiger partial charge in [0.15, 0.2) is 6.29 Å². The van der Waals surface area contributed by atoms with Crippen molar-refractivity contribution in [3.63, 3.8) is 0 Å². The van der Waals surface area contributed by atoms with Gasteiger partial charge >= 0.3 is 0 Å². The van der Waals surface area contributed by atoms with Crippen molar-refractivity contribution in [2.45, 2.75) is 6.29 Å². The van der Waals surface area contributed by atoms with Crippen molar-refractivity contribution in [2.24, 2.45) is 0 Å². The van der Waals surface area contributed by atoms with Crippen LogP contribution in [0.2, 0.25) is 0 Å². The number of rotatable bonds is 2. The average Bonchev–Trinajstić information content (AvgIpc) is 2.93. The predicted molar refractivity (Wildman–Crippen MR) is 86.3 cm³/mol. The first-order valence-electron chi connectivity index (χ1n) is 7.11. The normalized spacial score (nSPS) is 11.6. The molecule has 0 saturated carbocycles. The average molecular weight is 290 g/mol. The Morgan fingerprint density at radius 3 is 2.32 bits per heavy atom. The van der Waals surface area contributed by atoms with Crippen LogP contribution in [0.3, 0.4) is 0 Å². The lowest BCUT2D eigenvalue weighted by Gasteiger charge is -2.05. The van der Waals surface area contributed by atoms with Gasteiger partial charge in [0, 0.05) is 16.3 Å². The summed E-state index contributed by atoms with van der Waals surface area (Å²) in [6, 6.07) is 21.3. The van der Waals surface area contributed by atoms with Crippen LogP contribution in [0.25, 0.3) is 33.1 Å². The highest BCUT2D eigenvalue weighted by molar-refractivity contribution is 6.08. The van der Waals surface area contributed by atoms with Crippen LogP contribution in [-0.4, -0.2) is 10.2 Å². The fourth-order valence-corrected chi connectivity index (χ4v) is 2.88. The summed E-state index contributed by atoms with van der Waals surface area (Å²) in [4.78, 5) is 0. The molecule has 4 aromatic rings. The van der Waals surface area contributed by atoms with Crippen molar-refractivity contribution >= 4 is 21.9 Å². The molecule has 0 unspecified atom stereocenters. The summed E-state index contributed by atoms with van der Waals surface area (Å²) in [5.41, 5.74) is 4.04. The van der Waals surface area contributed by atoms with Crippen molar-refractivity contribution in [1.82, 2.24) is 0 Å². The second kappa shape index (κ2) is 4.98. The highest BCUT2D eigenvalue weighted by Crippen LogP contribution is 2.35. The molecule has 0 aliphatic heterocycles. The van der Waals surface area contributed by atoms with Crippen molar-refractivity contribution in [2.75, 3.05) is 0 Å². The molecule has 0 bridgehead atoms. The number of fused-ring (bicyclic) bond motifs is 3. The van der Waals surface area contributed by atoms with Crippen LogP contribution in [0, 0.1) is 0 Å². The minimum absolute atomic E-state index is 0.460. The van der Waals surface area contributed by atoms with E-state index in [-0.39, 0.29) is 0 Å². The van der Waals surface area contributed by atoms with Crippen LogP contribution in [-0.2, 0) is 0 Å². The number of aliphatic hydroxyl groups excluding tert-OH is 1. The molecule has 0 aliphatic rings. The quantitative estimate of drug-likeness (QED) is 0.543. The van der Waals surface area contributed by atoms with Crippen molar-refractivity contribution in [3.8, 4) is 11.1 Å². The molecule has 0 spiro atoms. The zero-order valence-electron chi connectivity index (χ0n) is 11.7. The molecule has 3 heteroatoms. The summed E-state index contributed by atoms with van der Waals surface area (Å²) in [6.07, 6.45) is -1.52. The van der Waals surface area contributed by atoms with E-state index in [1.165, 1.54) is 0 Å². The maximum Gasteiger partial charge on any atom is 0.179 e. The molecule has 1 aromatic heterocycles. The van der Waals surface area contributed by atoms with Gasteiger partial charge in [-0.1, -0.05) is 48.5 Å². The van der Waals surface area contributed by atoms with Gasteiger partial charge in [0.05, 0.1) is 0 Å². The van der Waals surface area contributed by atoms with Gasteiger partial charge in [-0.05, 0) is 29.3 Å². The lowest BCUT2D eigenvalue weighted by Crippen LogP contribution is -1.94. The third kappa shape index (κ3) is 1.99. The van der Waals surface area contributed by atoms with E-state index < -0.39 is 6.29 Å². The molecule has 0 aliphatic carbocycles. The molecule has 1 heterocycles. The van der Waals surface area contributed by atoms with Crippen molar-refractivity contribution in [3.05, 3.63) is 72.3 Å². The van der Waals surface area contributed by atoms with E-state index in [0.29, 0.717) is 11.1 Å². The van der Waals surface area contributed by atoms with E-state index >= 15 is 0 Å². The fourth-order valence-electron chi connectivity index (χ4n) is 2.88. The summed E-state index contributed by atoms with van der Waals surface area (Å²) < 4.78 is 5.81. The molecule has 0 atom stereocenters. The summed E-state index contributed by atoms with van der Waals surface area (Å²) in [5.74, 6) is 0. The van der Waals surface area contributed by atoms with E-state index in [9.17, 15) is 10.2 Å². The molecule has 3 nitrogen and oxygen atoms in total. The Labute approximate surface area is 127 Å². The lowest BCUT2D eigenvalue weighted by molar-refractivity contribution is -0.0412. The number of benzene rings is 3. The maximum absolute atomic E-state index is 9.60. The Hall–Kier alpha value is -2.62. The number of hydrogen-bond acceptors (Lipinski definition) is 3. The molecule has 0 fully saturated rings. The number of hydrogen-bond donors (Lipinski definition) is 2. The van der Waals surface area contributed by atoms with Gasteiger partial charge in [0.1, 0.15) is 11.2 Å². The third-order valence-corrected chi connectivity index (χ3v) is 3.91. The van der Waals surface area contributed by atoms with Crippen LogP contribution >= 0.6 is 0 Å². The minimum atomic E-state index is -1.52. The second-order valence-electron chi connectivity index (χ2n) is 5.27. The highest BCUT2D eigenvalue weighted by Gasteiger charge is 2.15. The SMILES string of the molecule is OC(O)c1cccc2oc3ccc(-c4ccccc4)cc3c12. The van der Waals surface area contributed by atoms with Gasteiger partial charge in [0.2, 0.25) is 0 Å². The molecule has 4 rings (SSSR count). The van der Waals surface area contributed by atoms with Crippen molar-refractivity contribution < 1.29 is 14.6 Å². The molecular formula is C19H14O3. The van der Waals surface area contributed by atoms with Crippen LogP contribution < -0.4 is 0 Å². The lowest BCUT2D eigenvalue weighted by atomic mass is 10.0. The molecule has 2 N–H and O–H groups in total. The van der Waals surface area contributed by atoms with E-state index in [1.807, 2.05) is 54.6 Å². The molecule has 0 amide bonds. The molecule has 0 radical (unpaired) electrons. The van der Waals surface area contributed by atoms with Gasteiger partial charge < -0.3 is 14.6 Å². The van der Waals surface area contributed by atoms with Gasteiger partial charge in [-0.25, -0.2) is 0 Å². The Morgan fingerprint density at radius 2 is 1.55 bits per heavy atom. The third-order valence-electron chi connectivity index (χ3n) is 3.91. The predicted octanol–water partition coefficient (Wildman–Crippen LogP) is 4.24. The van der Waals surface area contributed by atoms with E-state index in [2.05, 4.69) is 0 Å². The largest absolute Gasteiger partial charge is 0.456 e. The minimum Gasteiger partial charge on any atom is -0.456 e.